The Bertz CT molecular complexity index is 576. The van der Waals surface area contributed by atoms with Gasteiger partial charge in [0.05, 0.1) is 0 Å². The van der Waals surface area contributed by atoms with Crippen molar-refractivity contribution >= 4 is 0 Å². The lowest BCUT2D eigenvalue weighted by Crippen LogP contribution is -1.97. The molecule has 1 aromatic heterocycles. The van der Waals surface area contributed by atoms with Gasteiger partial charge in [0.2, 0.25) is 0 Å². The Morgan fingerprint density at radius 1 is 1.12 bits per heavy atom. The maximum atomic E-state index is 13.6. The predicted octanol–water partition coefficient (Wildman–Crippen LogP) is 2.29. The van der Waals surface area contributed by atoms with Gasteiger partial charge in [-0.15, -0.1) is 0 Å². The topological polar surface area (TPSA) is 49.6 Å². The maximum Gasteiger partial charge on any atom is 0.185 e. The third kappa shape index (κ3) is 1.61. The van der Waals surface area contributed by atoms with Crippen LogP contribution in [0.2, 0.25) is 0 Å². The highest BCUT2D eigenvalue weighted by Gasteiger charge is 2.15. The van der Waals surface area contributed by atoms with Crippen LogP contribution in [0.5, 0.6) is 0 Å². The smallest absolute Gasteiger partial charge is 0.185 e. The highest BCUT2D eigenvalue weighted by Crippen LogP contribution is 2.23. The monoisotopic (exact) mass is 217 g/mol. The molecule has 0 atom stereocenters. The molecule has 0 amide bonds. The maximum absolute atomic E-state index is 13.6. The molecule has 0 N–H and O–H groups in total. The predicted molar refractivity (Wildman–Crippen MR) is 52.1 cm³/mol. The van der Waals surface area contributed by atoms with Crippen molar-refractivity contribution in [1.29, 1.82) is 5.26 Å². The molecular formula is C11H5F2N3. The van der Waals surface area contributed by atoms with E-state index in [4.69, 9.17) is 5.26 Å². The van der Waals surface area contributed by atoms with Crippen molar-refractivity contribution in [3.05, 3.63) is 47.9 Å². The lowest BCUT2D eigenvalue weighted by atomic mass is 10.1. The second-order valence-electron chi connectivity index (χ2n) is 2.98. The fraction of sp³-hybridized carbons (Fsp3) is 0. The highest BCUT2D eigenvalue weighted by atomic mass is 19.1. The third-order valence-corrected chi connectivity index (χ3v) is 2.02. The summed E-state index contributed by atoms with van der Waals surface area (Å²) in [5, 5.41) is 8.59. The summed E-state index contributed by atoms with van der Waals surface area (Å²) in [4.78, 5) is 7.08. The number of rotatable bonds is 1. The number of hydrogen-bond acceptors (Lipinski definition) is 3. The summed E-state index contributed by atoms with van der Waals surface area (Å²) in [6.45, 7) is 0. The summed E-state index contributed by atoms with van der Waals surface area (Å²) < 4.78 is 27.0. The van der Waals surface area contributed by atoms with E-state index in [1.807, 2.05) is 0 Å². The Morgan fingerprint density at radius 3 is 2.56 bits per heavy atom. The standard InChI is InChI=1S/C11H5F2N3/c12-8-4-2-1-3-7(8)11-10(13)9(5-14)15-6-16-11/h1-4,6H. The molecule has 0 aliphatic carbocycles. The first-order chi connectivity index (χ1) is 7.74. The minimum atomic E-state index is -0.907. The Hall–Kier alpha value is -2.35. The van der Waals surface area contributed by atoms with Gasteiger partial charge in [-0.2, -0.15) is 5.26 Å². The molecule has 2 rings (SSSR count). The number of aromatic nitrogens is 2. The Labute approximate surface area is 90.0 Å². The van der Waals surface area contributed by atoms with Gasteiger partial charge >= 0.3 is 0 Å². The normalized spacial score (nSPS) is 9.81. The van der Waals surface area contributed by atoms with Crippen molar-refractivity contribution in [3.63, 3.8) is 0 Å². The van der Waals surface area contributed by atoms with Crippen molar-refractivity contribution < 1.29 is 8.78 Å². The van der Waals surface area contributed by atoms with Crippen molar-refractivity contribution in [2.75, 3.05) is 0 Å². The van der Waals surface area contributed by atoms with Crippen LogP contribution in [-0.4, -0.2) is 9.97 Å². The average Bonchev–Trinajstić information content (AvgIpc) is 2.31. The molecule has 78 valence electrons. The lowest BCUT2D eigenvalue weighted by Gasteiger charge is -2.03. The van der Waals surface area contributed by atoms with E-state index in [0.29, 0.717) is 0 Å². The van der Waals surface area contributed by atoms with E-state index in [2.05, 4.69) is 9.97 Å². The molecule has 0 saturated carbocycles. The second-order valence-corrected chi connectivity index (χ2v) is 2.98. The minimum Gasteiger partial charge on any atom is -0.233 e. The first-order valence-electron chi connectivity index (χ1n) is 4.39. The molecule has 0 fully saturated rings. The molecule has 0 aliphatic heterocycles. The van der Waals surface area contributed by atoms with Crippen LogP contribution >= 0.6 is 0 Å². The molecule has 5 heteroatoms. The van der Waals surface area contributed by atoms with E-state index in [1.165, 1.54) is 18.2 Å². The quantitative estimate of drug-likeness (QED) is 0.736. The van der Waals surface area contributed by atoms with Crippen LogP contribution in [0, 0.1) is 23.0 Å². The van der Waals surface area contributed by atoms with Gasteiger partial charge < -0.3 is 0 Å². The van der Waals surface area contributed by atoms with Gasteiger partial charge in [0.15, 0.2) is 11.5 Å². The summed E-state index contributed by atoms with van der Waals surface area (Å²) >= 11 is 0. The second kappa shape index (κ2) is 4.03. The molecule has 0 saturated heterocycles. The van der Waals surface area contributed by atoms with E-state index in [9.17, 15) is 8.78 Å². The Balaban J connectivity index is 2.67. The fourth-order valence-electron chi connectivity index (χ4n) is 1.29. The number of halogens is 2. The van der Waals surface area contributed by atoms with Gasteiger partial charge in [-0.3, -0.25) is 0 Å². The zero-order valence-electron chi connectivity index (χ0n) is 7.98. The van der Waals surface area contributed by atoms with Gasteiger partial charge in [-0.25, -0.2) is 18.7 Å². The molecule has 0 radical (unpaired) electrons. The molecule has 16 heavy (non-hydrogen) atoms. The molecule has 0 spiro atoms. The number of nitrogens with zero attached hydrogens (tertiary/aromatic N) is 3. The molecule has 2 aromatic rings. The molecule has 1 heterocycles. The van der Waals surface area contributed by atoms with Crippen LogP contribution < -0.4 is 0 Å². The number of nitriles is 1. The first kappa shape index (κ1) is 10.2. The van der Waals surface area contributed by atoms with Crippen molar-refractivity contribution in [1.82, 2.24) is 9.97 Å². The van der Waals surface area contributed by atoms with Crippen molar-refractivity contribution in [3.8, 4) is 17.3 Å². The van der Waals surface area contributed by atoms with Crippen LogP contribution in [0.1, 0.15) is 5.69 Å². The Kier molecular flexibility index (Phi) is 2.56. The average molecular weight is 217 g/mol. The van der Waals surface area contributed by atoms with Crippen LogP contribution in [0.15, 0.2) is 30.6 Å². The Morgan fingerprint density at radius 2 is 1.88 bits per heavy atom. The molecule has 1 aromatic carbocycles. The summed E-state index contributed by atoms with van der Waals surface area (Å²) in [5.74, 6) is -1.50. The zero-order chi connectivity index (χ0) is 11.5. The highest BCUT2D eigenvalue weighted by molar-refractivity contribution is 5.61. The number of hydrogen-bond donors (Lipinski definition) is 0. The van der Waals surface area contributed by atoms with Crippen LogP contribution in [0.3, 0.4) is 0 Å². The van der Waals surface area contributed by atoms with Crippen LogP contribution in [-0.2, 0) is 0 Å². The third-order valence-electron chi connectivity index (χ3n) is 2.02. The van der Waals surface area contributed by atoms with Crippen molar-refractivity contribution in [2.45, 2.75) is 0 Å². The minimum absolute atomic E-state index is 0.0129. The summed E-state index contributed by atoms with van der Waals surface area (Å²) in [6.07, 6.45) is 1.03. The molecule has 3 nitrogen and oxygen atoms in total. The van der Waals surface area contributed by atoms with E-state index < -0.39 is 17.3 Å². The molecular weight excluding hydrogens is 212 g/mol. The largest absolute Gasteiger partial charge is 0.233 e. The number of benzene rings is 1. The first-order valence-corrected chi connectivity index (χ1v) is 4.39. The van der Waals surface area contributed by atoms with E-state index >= 15 is 0 Å². The SMILES string of the molecule is N#Cc1ncnc(-c2ccccc2F)c1F. The van der Waals surface area contributed by atoms with Gasteiger partial charge in [0.25, 0.3) is 0 Å². The summed E-state index contributed by atoms with van der Waals surface area (Å²) in [7, 11) is 0. The van der Waals surface area contributed by atoms with Crippen LogP contribution in [0.25, 0.3) is 11.3 Å². The van der Waals surface area contributed by atoms with Crippen LogP contribution in [0.4, 0.5) is 8.78 Å². The van der Waals surface area contributed by atoms with Gasteiger partial charge in [0, 0.05) is 5.56 Å². The van der Waals surface area contributed by atoms with E-state index in [0.717, 1.165) is 6.33 Å². The molecule has 0 bridgehead atoms. The van der Waals surface area contributed by atoms with E-state index in [1.54, 1.807) is 12.1 Å². The van der Waals surface area contributed by atoms with Gasteiger partial charge in [-0.1, -0.05) is 12.1 Å². The molecule has 0 unspecified atom stereocenters. The lowest BCUT2D eigenvalue weighted by molar-refractivity contribution is 0.603. The summed E-state index contributed by atoms with van der Waals surface area (Å²) in [5.41, 5.74) is -0.586. The molecule has 0 aliphatic rings. The van der Waals surface area contributed by atoms with E-state index in [-0.39, 0.29) is 11.3 Å². The fourth-order valence-corrected chi connectivity index (χ4v) is 1.29. The zero-order valence-corrected chi connectivity index (χ0v) is 7.98. The van der Waals surface area contributed by atoms with Gasteiger partial charge in [0.1, 0.15) is 23.9 Å². The van der Waals surface area contributed by atoms with Gasteiger partial charge in [-0.05, 0) is 12.1 Å². The van der Waals surface area contributed by atoms with Crippen molar-refractivity contribution in [2.24, 2.45) is 0 Å². The summed E-state index contributed by atoms with van der Waals surface area (Å²) in [6, 6.07) is 7.22.